The summed E-state index contributed by atoms with van der Waals surface area (Å²) in [6, 6.07) is 19.3. The van der Waals surface area contributed by atoms with Gasteiger partial charge in [-0.25, -0.2) is 9.48 Å². The predicted molar refractivity (Wildman–Crippen MR) is 132 cm³/mol. The predicted octanol–water partition coefficient (Wildman–Crippen LogP) is 4.57. The van der Waals surface area contributed by atoms with E-state index < -0.39 is 0 Å². The van der Waals surface area contributed by atoms with Gasteiger partial charge in [0.05, 0.1) is 35.3 Å². The van der Waals surface area contributed by atoms with Crippen LogP contribution in [0.1, 0.15) is 42.3 Å². The number of nitrogens with one attached hydrogen (secondary N) is 1. The first kappa shape index (κ1) is 22.2. The van der Waals surface area contributed by atoms with Crippen molar-refractivity contribution < 1.29 is 4.79 Å². The van der Waals surface area contributed by atoms with Gasteiger partial charge in [-0.2, -0.15) is 10.4 Å². The molecule has 2 heterocycles. The van der Waals surface area contributed by atoms with Crippen molar-refractivity contribution in [1.29, 1.82) is 5.26 Å². The number of nitrogens with zero attached hydrogens (tertiary/aromatic N) is 5. The summed E-state index contributed by atoms with van der Waals surface area (Å²) in [5.74, 6) is 0.551. The maximum absolute atomic E-state index is 13.3. The Morgan fingerprint density at radius 1 is 1.21 bits per heavy atom. The number of benzene rings is 2. The zero-order valence-electron chi connectivity index (χ0n) is 19.6. The molecule has 5 rings (SSSR count). The number of amides is 2. The van der Waals surface area contributed by atoms with Gasteiger partial charge in [0.2, 0.25) is 0 Å². The third-order valence-corrected chi connectivity index (χ3v) is 6.71. The average molecular weight is 455 g/mol. The van der Waals surface area contributed by atoms with Gasteiger partial charge in [-0.3, -0.25) is 4.90 Å². The molecule has 174 valence electrons. The number of carbonyl (C=O) groups excluding carboxylic acids is 1. The second kappa shape index (κ2) is 9.70. The number of urea groups is 1. The summed E-state index contributed by atoms with van der Waals surface area (Å²) >= 11 is 0. The van der Waals surface area contributed by atoms with Gasteiger partial charge in [-0.15, -0.1) is 0 Å². The molecule has 1 aliphatic carbocycles. The van der Waals surface area contributed by atoms with Crippen LogP contribution in [0.3, 0.4) is 0 Å². The molecule has 0 bridgehead atoms. The molecule has 2 aromatic carbocycles. The topological polar surface area (TPSA) is 77.2 Å². The highest BCUT2D eigenvalue weighted by molar-refractivity contribution is 5.89. The highest BCUT2D eigenvalue weighted by atomic mass is 16.2. The van der Waals surface area contributed by atoms with E-state index in [1.54, 1.807) is 18.2 Å². The minimum atomic E-state index is -0.145. The first-order valence-corrected chi connectivity index (χ1v) is 12.1. The molecule has 0 saturated heterocycles. The Hall–Kier alpha value is -3.63. The molecule has 7 nitrogen and oxygen atoms in total. The maximum Gasteiger partial charge on any atom is 0.322 e. The third kappa shape index (κ3) is 4.82. The van der Waals surface area contributed by atoms with Gasteiger partial charge >= 0.3 is 6.03 Å². The van der Waals surface area contributed by atoms with Crippen LogP contribution in [0.5, 0.6) is 0 Å². The summed E-state index contributed by atoms with van der Waals surface area (Å²) < 4.78 is 2.07. The Bertz CT molecular complexity index is 1210. The number of carbonyl (C=O) groups is 1. The number of para-hydroxylation sites is 1. The van der Waals surface area contributed by atoms with E-state index in [2.05, 4.69) is 40.0 Å². The van der Waals surface area contributed by atoms with Crippen molar-refractivity contribution in [1.82, 2.24) is 19.6 Å². The molecule has 1 fully saturated rings. The second-order valence-corrected chi connectivity index (χ2v) is 9.18. The van der Waals surface area contributed by atoms with Crippen LogP contribution in [0.25, 0.3) is 5.69 Å². The van der Waals surface area contributed by atoms with Crippen molar-refractivity contribution in [3.8, 4) is 11.8 Å². The van der Waals surface area contributed by atoms with Crippen LogP contribution in [-0.4, -0.2) is 45.2 Å². The summed E-state index contributed by atoms with van der Waals surface area (Å²) in [5, 5.41) is 17.2. The number of anilines is 1. The number of fused-ring (bicyclic) bond motifs is 1. The number of aromatic nitrogens is 2. The molecule has 1 saturated carbocycles. The van der Waals surface area contributed by atoms with Crippen LogP contribution in [-0.2, 0) is 19.5 Å². The molecule has 0 radical (unpaired) electrons. The highest BCUT2D eigenvalue weighted by Gasteiger charge is 2.30. The van der Waals surface area contributed by atoms with Crippen molar-refractivity contribution in [2.75, 3.05) is 25.0 Å². The van der Waals surface area contributed by atoms with Crippen LogP contribution < -0.4 is 5.32 Å². The van der Waals surface area contributed by atoms with Gasteiger partial charge in [0.1, 0.15) is 0 Å². The molecule has 0 atom stereocenters. The maximum atomic E-state index is 13.3. The molecule has 7 heteroatoms. The van der Waals surface area contributed by atoms with Gasteiger partial charge in [0.15, 0.2) is 0 Å². The first-order chi connectivity index (χ1) is 16.6. The molecule has 1 aromatic heterocycles. The highest BCUT2D eigenvalue weighted by Crippen LogP contribution is 2.32. The van der Waals surface area contributed by atoms with E-state index in [0.717, 1.165) is 50.3 Å². The molecule has 1 aliphatic heterocycles. The minimum Gasteiger partial charge on any atom is -0.318 e. The lowest BCUT2D eigenvalue weighted by atomic mass is 10.0. The van der Waals surface area contributed by atoms with Crippen molar-refractivity contribution in [3.63, 3.8) is 0 Å². The second-order valence-electron chi connectivity index (χ2n) is 9.18. The van der Waals surface area contributed by atoms with Gasteiger partial charge in [0, 0.05) is 37.3 Å². The lowest BCUT2D eigenvalue weighted by molar-refractivity contribution is 0.205. The number of likely N-dealkylation sites (N-methyl/N-ethyl adjacent to an activating group) is 1. The fraction of sp³-hybridized carbons (Fsp3) is 0.370. The number of hydrogen-bond donors (Lipinski definition) is 1. The Morgan fingerprint density at radius 3 is 2.76 bits per heavy atom. The van der Waals surface area contributed by atoms with Gasteiger partial charge in [-0.05, 0) is 55.6 Å². The van der Waals surface area contributed by atoms with Crippen molar-refractivity contribution in [2.24, 2.45) is 5.92 Å². The molecule has 34 heavy (non-hydrogen) atoms. The molecule has 0 unspecified atom stereocenters. The van der Waals surface area contributed by atoms with Gasteiger partial charge < -0.3 is 10.2 Å². The Balaban J connectivity index is 1.44. The Morgan fingerprint density at radius 2 is 2.03 bits per heavy atom. The normalized spacial score (nSPS) is 15.4. The largest absolute Gasteiger partial charge is 0.322 e. The average Bonchev–Trinajstić information content (AvgIpc) is 3.63. The minimum absolute atomic E-state index is 0.145. The Kier molecular flexibility index (Phi) is 6.33. The van der Waals surface area contributed by atoms with Crippen LogP contribution in [0.2, 0.25) is 0 Å². The van der Waals surface area contributed by atoms with E-state index in [0.29, 0.717) is 30.3 Å². The number of rotatable bonds is 7. The summed E-state index contributed by atoms with van der Waals surface area (Å²) in [7, 11) is 0. The fourth-order valence-electron chi connectivity index (χ4n) is 4.60. The molecule has 2 amide bonds. The van der Waals surface area contributed by atoms with Crippen LogP contribution in [0.15, 0.2) is 54.6 Å². The lowest BCUT2D eigenvalue weighted by Crippen LogP contribution is -2.37. The van der Waals surface area contributed by atoms with Gasteiger partial charge in [0.25, 0.3) is 0 Å². The van der Waals surface area contributed by atoms with E-state index in [9.17, 15) is 10.1 Å². The third-order valence-electron chi connectivity index (χ3n) is 6.71. The van der Waals surface area contributed by atoms with E-state index in [-0.39, 0.29) is 6.03 Å². The van der Waals surface area contributed by atoms with Crippen LogP contribution >= 0.6 is 0 Å². The van der Waals surface area contributed by atoms with Crippen molar-refractivity contribution >= 4 is 11.7 Å². The Labute approximate surface area is 200 Å². The van der Waals surface area contributed by atoms with Crippen LogP contribution in [0.4, 0.5) is 10.5 Å². The molecule has 3 aromatic rings. The quantitative estimate of drug-likeness (QED) is 0.568. The summed E-state index contributed by atoms with van der Waals surface area (Å²) in [4.78, 5) is 17.7. The molecule has 0 spiro atoms. The molecular formula is C27H30N6O. The van der Waals surface area contributed by atoms with Crippen molar-refractivity contribution in [3.05, 3.63) is 77.1 Å². The SMILES string of the molecule is CCN1CCc2c(c(CN(CC3CC3)C(=O)Nc3cccc(C#N)c3)nn2-c2ccccc2)C1. The molecule has 1 N–H and O–H groups in total. The summed E-state index contributed by atoms with van der Waals surface area (Å²) in [6.07, 6.45) is 3.27. The molecule has 2 aliphatic rings. The van der Waals surface area contributed by atoms with E-state index in [1.165, 1.54) is 11.3 Å². The standard InChI is InChI=1S/C27H30N6O/c1-2-31-14-13-26-24(18-31)25(30-33(26)23-9-4-3-5-10-23)19-32(17-20-11-12-20)27(34)29-22-8-6-7-21(15-22)16-28/h3-10,15,20H,2,11-14,17-19H2,1H3,(H,29,34). The molecular weight excluding hydrogens is 424 g/mol. The van der Waals surface area contributed by atoms with E-state index in [1.807, 2.05) is 29.2 Å². The zero-order valence-corrected chi connectivity index (χ0v) is 19.6. The van der Waals surface area contributed by atoms with Gasteiger partial charge in [-0.1, -0.05) is 31.2 Å². The smallest absolute Gasteiger partial charge is 0.318 e. The monoisotopic (exact) mass is 454 g/mol. The van der Waals surface area contributed by atoms with Crippen molar-refractivity contribution in [2.45, 2.75) is 39.3 Å². The first-order valence-electron chi connectivity index (χ1n) is 12.1. The fourth-order valence-corrected chi connectivity index (χ4v) is 4.60. The van der Waals surface area contributed by atoms with E-state index in [4.69, 9.17) is 5.10 Å². The lowest BCUT2D eigenvalue weighted by Gasteiger charge is -2.27. The zero-order chi connectivity index (χ0) is 23.5. The number of nitriles is 1. The summed E-state index contributed by atoms with van der Waals surface area (Å²) in [6.45, 7) is 6.25. The van der Waals surface area contributed by atoms with E-state index >= 15 is 0 Å². The number of hydrogen-bond acceptors (Lipinski definition) is 4. The summed E-state index contributed by atoms with van der Waals surface area (Å²) in [5.41, 5.74) is 5.69. The van der Waals surface area contributed by atoms with Crippen LogP contribution in [0, 0.1) is 17.2 Å².